The van der Waals surface area contributed by atoms with Gasteiger partial charge in [-0.1, -0.05) is 18.2 Å². The van der Waals surface area contributed by atoms with E-state index < -0.39 is 26.7 Å². The van der Waals surface area contributed by atoms with E-state index >= 15 is 0 Å². The molecule has 0 unspecified atom stereocenters. The fraction of sp³-hybridized carbons (Fsp3) is 0.571. The van der Waals surface area contributed by atoms with E-state index in [9.17, 15) is 21.2 Å². The van der Waals surface area contributed by atoms with Gasteiger partial charge in [0.2, 0.25) is 20.0 Å². The fourth-order valence-corrected chi connectivity index (χ4v) is 5.49. The lowest BCUT2D eigenvalue weighted by molar-refractivity contribution is 0.402. The minimum atomic E-state index is -3.62. The first-order chi connectivity index (χ1) is 10.9. The quantitative estimate of drug-likeness (QED) is 0.757. The molecule has 0 radical (unpaired) electrons. The van der Waals surface area contributed by atoms with Crippen molar-refractivity contribution in [2.24, 2.45) is 0 Å². The van der Waals surface area contributed by atoms with Gasteiger partial charge in [0.25, 0.3) is 0 Å². The standard InChI is InChI=1S/C14H21FN2O4S2/c15-8-4-13-22(18,19)16-9-5-10-17(12-11-16)23(20,21)14-6-2-1-3-7-14/h1-3,6-7H,4-5,8-13H2. The molecule has 1 aromatic carbocycles. The molecule has 1 aromatic rings. The normalized spacial score (nSPS) is 18.7. The van der Waals surface area contributed by atoms with Crippen molar-refractivity contribution in [1.29, 1.82) is 0 Å². The Morgan fingerprint density at radius 2 is 1.52 bits per heavy atom. The molecule has 1 heterocycles. The third kappa shape index (κ3) is 4.50. The molecule has 0 spiro atoms. The van der Waals surface area contributed by atoms with Crippen LogP contribution in [0.4, 0.5) is 4.39 Å². The summed E-state index contributed by atoms with van der Waals surface area (Å²) in [6, 6.07) is 8.09. The van der Waals surface area contributed by atoms with Gasteiger partial charge in [0.1, 0.15) is 0 Å². The molecule has 0 aromatic heterocycles. The summed E-state index contributed by atoms with van der Waals surface area (Å²) < 4.78 is 64.2. The summed E-state index contributed by atoms with van der Waals surface area (Å²) >= 11 is 0. The van der Waals surface area contributed by atoms with Crippen molar-refractivity contribution in [2.45, 2.75) is 17.7 Å². The van der Waals surface area contributed by atoms with Gasteiger partial charge in [-0.2, -0.15) is 4.31 Å². The van der Waals surface area contributed by atoms with Gasteiger partial charge < -0.3 is 0 Å². The van der Waals surface area contributed by atoms with Crippen LogP contribution in [0.3, 0.4) is 0 Å². The van der Waals surface area contributed by atoms with E-state index in [0.29, 0.717) is 6.42 Å². The van der Waals surface area contributed by atoms with Gasteiger partial charge in [-0.25, -0.2) is 21.1 Å². The first kappa shape index (κ1) is 18.3. The van der Waals surface area contributed by atoms with Gasteiger partial charge in [-0.15, -0.1) is 0 Å². The number of sulfonamides is 2. The van der Waals surface area contributed by atoms with E-state index in [2.05, 4.69) is 0 Å². The van der Waals surface area contributed by atoms with Crippen molar-refractivity contribution in [3.63, 3.8) is 0 Å². The Hall–Kier alpha value is -1.03. The molecule has 1 aliphatic rings. The first-order valence-corrected chi connectivity index (χ1v) is 10.5. The SMILES string of the molecule is O=S(=O)(CCCF)N1CCCN(S(=O)(=O)c2ccccc2)CC1. The van der Waals surface area contributed by atoms with E-state index in [4.69, 9.17) is 0 Å². The zero-order valence-electron chi connectivity index (χ0n) is 12.8. The molecule has 6 nitrogen and oxygen atoms in total. The van der Waals surface area contributed by atoms with Crippen LogP contribution >= 0.6 is 0 Å². The lowest BCUT2D eigenvalue weighted by Crippen LogP contribution is -2.38. The van der Waals surface area contributed by atoms with Gasteiger partial charge in [-0.05, 0) is 25.0 Å². The third-order valence-corrected chi connectivity index (χ3v) is 7.59. The van der Waals surface area contributed by atoms with Crippen LogP contribution in [0.1, 0.15) is 12.8 Å². The molecule has 9 heteroatoms. The molecular weight excluding hydrogens is 343 g/mol. The van der Waals surface area contributed by atoms with Gasteiger partial charge in [0, 0.05) is 26.2 Å². The van der Waals surface area contributed by atoms with Crippen LogP contribution in [0.2, 0.25) is 0 Å². The van der Waals surface area contributed by atoms with E-state index in [1.807, 2.05) is 0 Å². The Morgan fingerprint density at radius 1 is 0.913 bits per heavy atom. The number of rotatable bonds is 6. The molecule has 130 valence electrons. The van der Waals surface area contributed by atoms with Crippen molar-refractivity contribution in [1.82, 2.24) is 8.61 Å². The van der Waals surface area contributed by atoms with Crippen molar-refractivity contribution in [2.75, 3.05) is 38.6 Å². The third-order valence-electron chi connectivity index (χ3n) is 3.72. The Labute approximate surface area is 137 Å². The summed E-state index contributed by atoms with van der Waals surface area (Å²) in [5.74, 6) is -0.241. The van der Waals surface area contributed by atoms with Gasteiger partial charge in [0.15, 0.2) is 0 Å². The number of nitrogens with zero attached hydrogens (tertiary/aromatic N) is 2. The molecule has 1 saturated heterocycles. The summed E-state index contributed by atoms with van der Waals surface area (Å²) in [6.07, 6.45) is 0.381. The smallest absolute Gasteiger partial charge is 0.243 e. The van der Waals surface area contributed by atoms with E-state index in [-0.39, 0.29) is 43.2 Å². The topological polar surface area (TPSA) is 74.8 Å². The zero-order chi connectivity index (χ0) is 16.9. The Morgan fingerprint density at radius 3 is 2.17 bits per heavy atom. The summed E-state index contributed by atoms with van der Waals surface area (Å²) in [6.45, 7) is 0.0517. The highest BCUT2D eigenvalue weighted by molar-refractivity contribution is 7.89. The van der Waals surface area contributed by atoms with E-state index in [0.717, 1.165) is 0 Å². The van der Waals surface area contributed by atoms with Crippen LogP contribution < -0.4 is 0 Å². The zero-order valence-corrected chi connectivity index (χ0v) is 14.4. The van der Waals surface area contributed by atoms with Crippen LogP contribution in [0, 0.1) is 0 Å². The molecule has 0 atom stereocenters. The minimum Gasteiger partial charge on any atom is -0.251 e. The lowest BCUT2D eigenvalue weighted by Gasteiger charge is -2.21. The Bertz CT molecular complexity index is 708. The summed E-state index contributed by atoms with van der Waals surface area (Å²) in [4.78, 5) is 0.203. The number of halogens is 1. The molecule has 0 amide bonds. The van der Waals surface area contributed by atoms with Crippen LogP contribution in [0.5, 0.6) is 0 Å². The maximum atomic E-state index is 12.6. The lowest BCUT2D eigenvalue weighted by atomic mass is 10.4. The second kappa shape index (κ2) is 7.69. The number of hydrogen-bond donors (Lipinski definition) is 0. The predicted octanol–water partition coefficient (Wildman–Crippen LogP) is 1.07. The van der Waals surface area contributed by atoms with Crippen molar-refractivity contribution < 1.29 is 21.2 Å². The van der Waals surface area contributed by atoms with E-state index in [1.165, 1.54) is 20.7 Å². The molecule has 0 aliphatic carbocycles. The molecule has 23 heavy (non-hydrogen) atoms. The van der Waals surface area contributed by atoms with Crippen LogP contribution in [0.15, 0.2) is 35.2 Å². The summed E-state index contributed by atoms with van der Waals surface area (Å²) in [7, 11) is -7.15. The predicted molar refractivity (Wildman–Crippen MR) is 85.8 cm³/mol. The first-order valence-electron chi connectivity index (χ1n) is 7.47. The molecule has 1 fully saturated rings. The van der Waals surface area contributed by atoms with Crippen molar-refractivity contribution in [3.05, 3.63) is 30.3 Å². The van der Waals surface area contributed by atoms with Crippen LogP contribution in [0.25, 0.3) is 0 Å². The van der Waals surface area contributed by atoms with Gasteiger partial charge in [0.05, 0.1) is 17.3 Å². The van der Waals surface area contributed by atoms with Crippen molar-refractivity contribution >= 4 is 20.0 Å². The number of alkyl halides is 1. The molecule has 2 rings (SSSR count). The second-order valence-electron chi connectivity index (χ2n) is 5.33. The molecule has 0 N–H and O–H groups in total. The number of hydrogen-bond acceptors (Lipinski definition) is 4. The van der Waals surface area contributed by atoms with Crippen LogP contribution in [-0.2, 0) is 20.0 Å². The highest BCUT2D eigenvalue weighted by Gasteiger charge is 2.30. The molecule has 0 bridgehead atoms. The number of benzene rings is 1. The van der Waals surface area contributed by atoms with Gasteiger partial charge >= 0.3 is 0 Å². The largest absolute Gasteiger partial charge is 0.251 e. The molecule has 0 saturated carbocycles. The average molecular weight is 364 g/mol. The Kier molecular flexibility index (Phi) is 6.12. The minimum absolute atomic E-state index is 0.0368. The highest BCUT2D eigenvalue weighted by Crippen LogP contribution is 2.18. The summed E-state index contributed by atoms with van der Waals surface area (Å²) in [5, 5.41) is 0. The monoisotopic (exact) mass is 364 g/mol. The van der Waals surface area contributed by atoms with Crippen LogP contribution in [-0.4, -0.2) is 64.1 Å². The maximum absolute atomic E-state index is 12.6. The Balaban J connectivity index is 2.10. The average Bonchev–Trinajstić information content (AvgIpc) is 2.81. The molecule has 1 aliphatic heterocycles. The van der Waals surface area contributed by atoms with Gasteiger partial charge in [-0.3, -0.25) is 4.39 Å². The fourth-order valence-electron chi connectivity index (χ4n) is 2.50. The summed E-state index contributed by atoms with van der Waals surface area (Å²) in [5.41, 5.74) is 0. The molecular formula is C14H21FN2O4S2. The van der Waals surface area contributed by atoms with Crippen molar-refractivity contribution in [3.8, 4) is 0 Å². The van der Waals surface area contributed by atoms with E-state index in [1.54, 1.807) is 18.2 Å². The second-order valence-corrected chi connectivity index (χ2v) is 9.35. The maximum Gasteiger partial charge on any atom is 0.243 e. The highest BCUT2D eigenvalue weighted by atomic mass is 32.2.